The molecule has 96 valence electrons. The molecule has 0 fully saturated rings. The van der Waals surface area contributed by atoms with Gasteiger partial charge in [-0.15, -0.1) is 0 Å². The molecule has 1 aliphatic rings. The molecule has 1 aromatic heterocycles. The van der Waals surface area contributed by atoms with Crippen LogP contribution in [-0.2, 0) is 12.8 Å². The maximum Gasteiger partial charge on any atom is 0.248 e. The van der Waals surface area contributed by atoms with Crippen LogP contribution in [0.2, 0.25) is 0 Å². The van der Waals surface area contributed by atoms with Gasteiger partial charge in [0.15, 0.2) is 0 Å². The zero-order chi connectivity index (χ0) is 13.4. The molecular weight excluding hydrogens is 258 g/mol. The van der Waals surface area contributed by atoms with E-state index in [0.717, 1.165) is 30.2 Å². The monoisotopic (exact) mass is 271 g/mol. The van der Waals surface area contributed by atoms with Gasteiger partial charge in [-0.05, 0) is 55.2 Å². The summed E-state index contributed by atoms with van der Waals surface area (Å²) in [5.41, 5.74) is 9.37. The van der Waals surface area contributed by atoms with Crippen LogP contribution in [0.5, 0.6) is 0 Å². The third-order valence-electron chi connectivity index (χ3n) is 3.68. The molecule has 1 heterocycles. The highest BCUT2D eigenvalue weighted by Gasteiger charge is 2.22. The maximum absolute atomic E-state index is 11.3. The molecule has 1 aromatic carbocycles. The lowest BCUT2D eigenvalue weighted by molar-refractivity contribution is 0.100. The fraction of sp³-hybridized carbons (Fsp3) is 0.286. The number of primary amides is 1. The standard InChI is InChI=1S/C14H13N3OS/c15-14(18)8-1-3-12-10(5-8)11-6-9(16-7-19)2-4-13(11)17-12/h1,3,5,9,17H,2,4,6H2,(H2,15,18). The molecule has 2 aromatic rings. The van der Waals surface area contributed by atoms with Gasteiger partial charge in [-0.1, -0.05) is 0 Å². The van der Waals surface area contributed by atoms with Crippen molar-refractivity contribution in [3.05, 3.63) is 35.0 Å². The highest BCUT2D eigenvalue weighted by molar-refractivity contribution is 7.78. The zero-order valence-electron chi connectivity index (χ0n) is 10.3. The van der Waals surface area contributed by atoms with E-state index in [9.17, 15) is 4.79 Å². The number of hydrogen-bond acceptors (Lipinski definition) is 3. The summed E-state index contributed by atoms with van der Waals surface area (Å²) in [7, 11) is 0. The number of nitrogens with one attached hydrogen (secondary N) is 1. The number of carbonyl (C=O) groups is 1. The van der Waals surface area contributed by atoms with Crippen molar-refractivity contribution >= 4 is 34.2 Å². The molecule has 0 radical (unpaired) electrons. The van der Waals surface area contributed by atoms with Gasteiger partial charge in [0.2, 0.25) is 5.91 Å². The van der Waals surface area contributed by atoms with Crippen LogP contribution in [0.15, 0.2) is 23.2 Å². The number of H-pyrrole nitrogens is 1. The van der Waals surface area contributed by atoms with Crippen LogP contribution in [0.25, 0.3) is 10.9 Å². The smallest absolute Gasteiger partial charge is 0.248 e. The Labute approximate surface area is 115 Å². The molecule has 1 aliphatic carbocycles. The van der Waals surface area contributed by atoms with Crippen molar-refractivity contribution < 1.29 is 4.79 Å². The minimum absolute atomic E-state index is 0.196. The Morgan fingerprint density at radius 1 is 1.53 bits per heavy atom. The molecule has 0 saturated carbocycles. The Morgan fingerprint density at radius 2 is 2.37 bits per heavy atom. The van der Waals surface area contributed by atoms with Crippen molar-refractivity contribution in [1.82, 2.24) is 4.98 Å². The van der Waals surface area contributed by atoms with Gasteiger partial charge >= 0.3 is 0 Å². The number of aromatic amines is 1. The number of nitrogens with two attached hydrogens (primary N) is 1. The predicted molar refractivity (Wildman–Crippen MR) is 77.7 cm³/mol. The lowest BCUT2D eigenvalue weighted by Gasteiger charge is -2.17. The van der Waals surface area contributed by atoms with E-state index >= 15 is 0 Å². The minimum Gasteiger partial charge on any atom is -0.366 e. The van der Waals surface area contributed by atoms with Crippen LogP contribution < -0.4 is 5.73 Å². The van der Waals surface area contributed by atoms with E-state index < -0.39 is 5.91 Å². The van der Waals surface area contributed by atoms with Gasteiger partial charge in [0.05, 0.1) is 11.2 Å². The normalized spacial score (nSPS) is 17.8. The largest absolute Gasteiger partial charge is 0.366 e. The van der Waals surface area contributed by atoms with Gasteiger partial charge in [-0.3, -0.25) is 4.79 Å². The summed E-state index contributed by atoms with van der Waals surface area (Å²) in [5, 5.41) is 3.53. The van der Waals surface area contributed by atoms with Crippen LogP contribution in [0.3, 0.4) is 0 Å². The number of aliphatic imine (C=N–C) groups is 1. The molecule has 1 unspecified atom stereocenters. The Balaban J connectivity index is 2.12. The molecule has 3 rings (SSSR count). The fourth-order valence-electron chi connectivity index (χ4n) is 2.74. The summed E-state index contributed by atoms with van der Waals surface area (Å²) in [6.45, 7) is 0. The molecule has 0 aliphatic heterocycles. The first-order chi connectivity index (χ1) is 9.19. The zero-order valence-corrected chi connectivity index (χ0v) is 11.1. The molecule has 0 spiro atoms. The highest BCUT2D eigenvalue weighted by atomic mass is 32.1. The number of fused-ring (bicyclic) bond motifs is 3. The van der Waals surface area contributed by atoms with E-state index in [-0.39, 0.29) is 6.04 Å². The van der Waals surface area contributed by atoms with Crippen LogP contribution in [0.1, 0.15) is 28.0 Å². The summed E-state index contributed by atoms with van der Waals surface area (Å²) in [5.74, 6) is -0.402. The minimum atomic E-state index is -0.402. The van der Waals surface area contributed by atoms with E-state index in [1.807, 2.05) is 12.1 Å². The molecule has 1 amide bonds. The Morgan fingerprint density at radius 3 is 3.11 bits per heavy atom. The molecular formula is C14H13N3OS. The number of benzene rings is 1. The molecule has 1 atom stereocenters. The van der Waals surface area contributed by atoms with Gasteiger partial charge in [0, 0.05) is 22.2 Å². The number of nitrogens with zero attached hydrogens (tertiary/aromatic N) is 1. The molecule has 3 N–H and O–H groups in total. The van der Waals surface area contributed by atoms with Crippen LogP contribution >= 0.6 is 12.2 Å². The van der Waals surface area contributed by atoms with Crippen LogP contribution in [0.4, 0.5) is 0 Å². The lowest BCUT2D eigenvalue weighted by Crippen LogP contribution is -2.16. The molecule has 5 heteroatoms. The van der Waals surface area contributed by atoms with Gasteiger partial charge in [0.1, 0.15) is 0 Å². The van der Waals surface area contributed by atoms with Crippen LogP contribution in [-0.4, -0.2) is 22.1 Å². The topological polar surface area (TPSA) is 71.2 Å². The highest BCUT2D eigenvalue weighted by Crippen LogP contribution is 2.30. The molecule has 0 saturated heterocycles. The van der Waals surface area contributed by atoms with Crippen molar-refractivity contribution in [2.24, 2.45) is 10.7 Å². The predicted octanol–water partition coefficient (Wildman–Crippen LogP) is 2.23. The van der Waals surface area contributed by atoms with E-state index in [0.29, 0.717) is 5.56 Å². The number of isothiocyanates is 1. The number of rotatable bonds is 2. The summed E-state index contributed by atoms with van der Waals surface area (Å²) in [6, 6.07) is 5.71. The van der Waals surface area contributed by atoms with E-state index in [1.54, 1.807) is 6.07 Å². The maximum atomic E-state index is 11.3. The summed E-state index contributed by atoms with van der Waals surface area (Å²) >= 11 is 4.68. The molecule has 4 nitrogen and oxygen atoms in total. The number of hydrogen-bond donors (Lipinski definition) is 2. The molecule has 0 bridgehead atoms. The third kappa shape index (κ3) is 2.07. The second-order valence-electron chi connectivity index (χ2n) is 4.82. The number of amides is 1. The Bertz CT molecular complexity index is 713. The average Bonchev–Trinajstić information content (AvgIpc) is 2.76. The molecule has 19 heavy (non-hydrogen) atoms. The number of aryl methyl sites for hydroxylation is 1. The first kappa shape index (κ1) is 12.1. The third-order valence-corrected chi connectivity index (χ3v) is 3.79. The van der Waals surface area contributed by atoms with Gasteiger partial charge < -0.3 is 10.7 Å². The first-order valence-electron chi connectivity index (χ1n) is 6.19. The van der Waals surface area contributed by atoms with Gasteiger partial charge in [-0.2, -0.15) is 0 Å². The SMILES string of the molecule is NC(=O)c1ccc2[nH]c3c(c2c1)CC(N=C=S)CC3. The summed E-state index contributed by atoms with van der Waals surface area (Å²) < 4.78 is 0. The quantitative estimate of drug-likeness (QED) is 0.649. The lowest BCUT2D eigenvalue weighted by atomic mass is 9.91. The Kier molecular flexibility index (Phi) is 2.93. The second kappa shape index (κ2) is 4.61. The van der Waals surface area contributed by atoms with Crippen molar-refractivity contribution in [3.63, 3.8) is 0 Å². The number of carbonyl (C=O) groups excluding carboxylic acids is 1. The van der Waals surface area contributed by atoms with E-state index in [4.69, 9.17) is 5.73 Å². The van der Waals surface area contributed by atoms with Crippen molar-refractivity contribution in [1.29, 1.82) is 0 Å². The first-order valence-corrected chi connectivity index (χ1v) is 6.60. The summed E-state index contributed by atoms with van der Waals surface area (Å²) in [6.07, 6.45) is 2.76. The van der Waals surface area contributed by atoms with Crippen molar-refractivity contribution in [3.8, 4) is 0 Å². The fourth-order valence-corrected chi connectivity index (χ4v) is 2.89. The Hall–Kier alpha value is -1.97. The van der Waals surface area contributed by atoms with Gasteiger partial charge in [0.25, 0.3) is 0 Å². The van der Waals surface area contributed by atoms with Gasteiger partial charge in [-0.25, -0.2) is 4.99 Å². The number of aromatic nitrogens is 1. The van der Waals surface area contributed by atoms with Crippen LogP contribution in [0, 0.1) is 0 Å². The number of thiocarbonyl (C=S) groups is 1. The average molecular weight is 271 g/mol. The van der Waals surface area contributed by atoms with E-state index in [1.165, 1.54) is 11.3 Å². The second-order valence-corrected chi connectivity index (χ2v) is 5.01. The summed E-state index contributed by atoms with van der Waals surface area (Å²) in [4.78, 5) is 18.9. The van der Waals surface area contributed by atoms with Crippen molar-refractivity contribution in [2.75, 3.05) is 0 Å². The van der Waals surface area contributed by atoms with E-state index in [2.05, 4.69) is 27.4 Å². The van der Waals surface area contributed by atoms with Crippen molar-refractivity contribution in [2.45, 2.75) is 25.3 Å².